The summed E-state index contributed by atoms with van der Waals surface area (Å²) in [6, 6.07) is 3.21. The number of nitrogens with one attached hydrogen (secondary N) is 1. The smallest absolute Gasteiger partial charge is 0.267 e. The highest BCUT2D eigenvalue weighted by atomic mass is 16.5. The number of methoxy groups -OCH3 is 1. The molecular weight excluding hydrogens is 182 g/mol. The lowest BCUT2D eigenvalue weighted by Crippen LogP contribution is -2.33. The molecule has 1 heterocycles. The van der Waals surface area contributed by atoms with Crippen LogP contribution in [0.3, 0.4) is 0 Å². The van der Waals surface area contributed by atoms with Crippen molar-refractivity contribution in [2.45, 2.75) is 19.5 Å². The van der Waals surface area contributed by atoms with Gasteiger partial charge in [-0.1, -0.05) is 0 Å². The molecule has 0 aliphatic heterocycles. The van der Waals surface area contributed by atoms with Crippen molar-refractivity contribution in [1.29, 1.82) is 0 Å². The van der Waals surface area contributed by atoms with Crippen molar-refractivity contribution < 1.29 is 4.74 Å². The minimum Gasteiger partial charge on any atom is -0.480 e. The van der Waals surface area contributed by atoms with E-state index in [-0.39, 0.29) is 11.6 Å². The van der Waals surface area contributed by atoms with E-state index < -0.39 is 0 Å². The summed E-state index contributed by atoms with van der Waals surface area (Å²) in [4.78, 5) is 11.4. The maximum Gasteiger partial charge on any atom is 0.267 e. The molecule has 0 aliphatic rings. The highest BCUT2D eigenvalue weighted by molar-refractivity contribution is 5.06. The Labute approximate surface area is 82.7 Å². The van der Waals surface area contributed by atoms with Gasteiger partial charge in [0.15, 0.2) is 0 Å². The summed E-state index contributed by atoms with van der Waals surface area (Å²) in [5.74, 6) is 0.452. The van der Waals surface area contributed by atoms with Gasteiger partial charge in [0.1, 0.15) is 0 Å². The molecule has 0 amide bonds. The number of likely N-dealkylation sites (N-methyl/N-ethyl adjacent to an activating group) is 1. The number of aromatic nitrogens is 2. The normalized spacial score (nSPS) is 12.5. The average molecular weight is 197 g/mol. The van der Waals surface area contributed by atoms with E-state index in [1.165, 1.54) is 17.9 Å². The Morgan fingerprint density at radius 2 is 2.36 bits per heavy atom. The SMILES string of the molecule is CNC(C)Cn1nc(OC)ccc1=O. The molecule has 0 saturated heterocycles. The van der Waals surface area contributed by atoms with E-state index in [0.29, 0.717) is 12.4 Å². The molecule has 78 valence electrons. The van der Waals surface area contributed by atoms with E-state index in [0.717, 1.165) is 0 Å². The Bertz CT molecular complexity index is 348. The van der Waals surface area contributed by atoms with Crippen LogP contribution in [-0.2, 0) is 6.54 Å². The van der Waals surface area contributed by atoms with Gasteiger partial charge in [-0.3, -0.25) is 4.79 Å². The van der Waals surface area contributed by atoms with Gasteiger partial charge < -0.3 is 10.1 Å². The topological polar surface area (TPSA) is 56.1 Å². The van der Waals surface area contributed by atoms with Gasteiger partial charge in [-0.2, -0.15) is 0 Å². The zero-order valence-corrected chi connectivity index (χ0v) is 8.65. The summed E-state index contributed by atoms with van der Waals surface area (Å²) in [6.07, 6.45) is 0. The van der Waals surface area contributed by atoms with E-state index in [2.05, 4.69) is 10.4 Å². The molecular formula is C9H15N3O2. The second kappa shape index (κ2) is 4.76. The molecule has 14 heavy (non-hydrogen) atoms. The van der Waals surface area contributed by atoms with E-state index in [1.807, 2.05) is 14.0 Å². The summed E-state index contributed by atoms with van der Waals surface area (Å²) in [7, 11) is 3.37. The van der Waals surface area contributed by atoms with Crippen molar-refractivity contribution in [2.24, 2.45) is 0 Å². The van der Waals surface area contributed by atoms with Gasteiger partial charge in [0, 0.05) is 18.2 Å². The van der Waals surface area contributed by atoms with Crippen LogP contribution in [-0.4, -0.2) is 30.0 Å². The van der Waals surface area contributed by atoms with Crippen LogP contribution in [0.5, 0.6) is 5.88 Å². The molecule has 0 radical (unpaired) electrons. The summed E-state index contributed by atoms with van der Waals surface area (Å²) < 4.78 is 6.32. The molecule has 0 spiro atoms. The Morgan fingerprint density at radius 3 is 2.93 bits per heavy atom. The first-order chi connectivity index (χ1) is 6.67. The Morgan fingerprint density at radius 1 is 1.64 bits per heavy atom. The number of nitrogens with zero attached hydrogens (tertiary/aromatic N) is 2. The summed E-state index contributed by atoms with van der Waals surface area (Å²) >= 11 is 0. The third-order valence-corrected chi connectivity index (χ3v) is 1.99. The molecule has 1 aromatic rings. The van der Waals surface area contributed by atoms with Crippen molar-refractivity contribution in [3.05, 3.63) is 22.5 Å². The summed E-state index contributed by atoms with van der Waals surface area (Å²) in [6.45, 7) is 2.51. The van der Waals surface area contributed by atoms with Crippen LogP contribution in [0.4, 0.5) is 0 Å². The molecule has 0 aliphatic carbocycles. The molecule has 1 unspecified atom stereocenters. The molecule has 1 N–H and O–H groups in total. The zero-order chi connectivity index (χ0) is 10.6. The van der Waals surface area contributed by atoms with Gasteiger partial charge in [0.05, 0.1) is 13.7 Å². The first-order valence-electron chi connectivity index (χ1n) is 4.46. The van der Waals surface area contributed by atoms with Gasteiger partial charge in [-0.25, -0.2) is 4.68 Å². The van der Waals surface area contributed by atoms with Gasteiger partial charge in [0.2, 0.25) is 5.88 Å². The fraction of sp³-hybridized carbons (Fsp3) is 0.556. The van der Waals surface area contributed by atoms with E-state index >= 15 is 0 Å². The lowest BCUT2D eigenvalue weighted by molar-refractivity contribution is 0.366. The van der Waals surface area contributed by atoms with Crippen LogP contribution in [0.25, 0.3) is 0 Å². The van der Waals surface area contributed by atoms with Gasteiger partial charge >= 0.3 is 0 Å². The molecule has 5 nitrogen and oxygen atoms in total. The second-order valence-electron chi connectivity index (χ2n) is 3.09. The molecule has 0 bridgehead atoms. The lowest BCUT2D eigenvalue weighted by atomic mass is 10.3. The minimum atomic E-state index is -0.118. The van der Waals surface area contributed by atoms with Crippen molar-refractivity contribution >= 4 is 0 Å². The predicted molar refractivity (Wildman–Crippen MR) is 53.6 cm³/mol. The Kier molecular flexibility index (Phi) is 3.64. The quantitative estimate of drug-likeness (QED) is 0.730. The standard InChI is InChI=1S/C9H15N3O2/c1-7(10-2)6-12-9(13)5-4-8(11-12)14-3/h4-5,7,10H,6H2,1-3H3. The Balaban J connectivity index is 2.89. The highest BCUT2D eigenvalue weighted by Crippen LogP contribution is 1.99. The van der Waals surface area contributed by atoms with Crippen molar-refractivity contribution in [2.75, 3.05) is 14.2 Å². The zero-order valence-electron chi connectivity index (χ0n) is 8.65. The minimum absolute atomic E-state index is 0.118. The number of ether oxygens (including phenoxy) is 1. The Hall–Kier alpha value is -1.36. The van der Waals surface area contributed by atoms with Crippen LogP contribution in [0.15, 0.2) is 16.9 Å². The molecule has 0 saturated carbocycles. The lowest BCUT2D eigenvalue weighted by Gasteiger charge is -2.11. The predicted octanol–water partition coefficient (Wildman–Crippen LogP) is -0.140. The van der Waals surface area contributed by atoms with Gasteiger partial charge in [-0.15, -0.1) is 5.10 Å². The molecule has 5 heteroatoms. The van der Waals surface area contributed by atoms with E-state index in [1.54, 1.807) is 6.07 Å². The van der Waals surface area contributed by atoms with Crippen molar-refractivity contribution in [1.82, 2.24) is 15.1 Å². The van der Waals surface area contributed by atoms with E-state index in [4.69, 9.17) is 4.74 Å². The van der Waals surface area contributed by atoms with Crippen LogP contribution < -0.4 is 15.6 Å². The molecule has 0 aromatic carbocycles. The summed E-state index contributed by atoms with van der Waals surface area (Å²) in [5.41, 5.74) is -0.118. The number of hydrogen-bond donors (Lipinski definition) is 1. The van der Waals surface area contributed by atoms with Crippen molar-refractivity contribution in [3.63, 3.8) is 0 Å². The van der Waals surface area contributed by atoms with Gasteiger partial charge in [0.25, 0.3) is 5.56 Å². The monoisotopic (exact) mass is 197 g/mol. The largest absolute Gasteiger partial charge is 0.480 e. The second-order valence-corrected chi connectivity index (χ2v) is 3.09. The van der Waals surface area contributed by atoms with E-state index in [9.17, 15) is 4.79 Å². The summed E-state index contributed by atoms with van der Waals surface area (Å²) in [5, 5.41) is 7.06. The average Bonchev–Trinajstić information content (AvgIpc) is 2.21. The maximum atomic E-state index is 11.4. The fourth-order valence-corrected chi connectivity index (χ4v) is 1.02. The highest BCUT2D eigenvalue weighted by Gasteiger charge is 2.04. The third-order valence-electron chi connectivity index (χ3n) is 1.99. The molecule has 1 atom stereocenters. The van der Waals surface area contributed by atoms with Crippen LogP contribution in [0, 0.1) is 0 Å². The molecule has 0 fully saturated rings. The first kappa shape index (κ1) is 10.7. The van der Waals surface area contributed by atoms with Crippen LogP contribution in [0.2, 0.25) is 0 Å². The molecule has 1 aromatic heterocycles. The first-order valence-corrected chi connectivity index (χ1v) is 4.46. The molecule has 1 rings (SSSR count). The number of hydrogen-bond acceptors (Lipinski definition) is 4. The van der Waals surface area contributed by atoms with Crippen LogP contribution >= 0.6 is 0 Å². The fourth-order valence-electron chi connectivity index (χ4n) is 1.02. The van der Waals surface area contributed by atoms with Crippen LogP contribution in [0.1, 0.15) is 6.92 Å². The van der Waals surface area contributed by atoms with Gasteiger partial charge in [-0.05, 0) is 14.0 Å². The number of rotatable bonds is 4. The third kappa shape index (κ3) is 2.56. The van der Waals surface area contributed by atoms with Crippen molar-refractivity contribution in [3.8, 4) is 5.88 Å². The maximum absolute atomic E-state index is 11.4.